The van der Waals surface area contributed by atoms with Gasteiger partial charge < -0.3 is 10.1 Å². The van der Waals surface area contributed by atoms with Crippen LogP contribution in [0.15, 0.2) is 60.7 Å². The van der Waals surface area contributed by atoms with Crippen molar-refractivity contribution in [3.05, 3.63) is 71.8 Å². The number of ether oxygens (including phenoxy) is 1. The van der Waals surface area contributed by atoms with Crippen molar-refractivity contribution in [3.63, 3.8) is 0 Å². The maximum atomic E-state index is 11.9. The molecule has 4 nitrogen and oxygen atoms in total. The molecule has 1 aliphatic rings. The van der Waals surface area contributed by atoms with E-state index in [2.05, 4.69) is 60.5 Å². The number of hydrogen-bond acceptors (Lipinski definition) is 4. The van der Waals surface area contributed by atoms with E-state index >= 15 is 0 Å². The summed E-state index contributed by atoms with van der Waals surface area (Å²) in [5.41, 5.74) is 2.54. The summed E-state index contributed by atoms with van der Waals surface area (Å²) in [5, 5.41) is 3.65. The number of nitrogens with one attached hydrogen (secondary N) is 1. The van der Waals surface area contributed by atoms with E-state index in [0.29, 0.717) is 18.5 Å². The summed E-state index contributed by atoms with van der Waals surface area (Å²) in [6.45, 7) is 5.37. The van der Waals surface area contributed by atoms with E-state index in [1.54, 1.807) is 0 Å². The standard InChI is InChI=1S/C22H28N2O2/c1-16(18-10-6-4-7-11-18)23-20(14-22(25)26-3)21-15-24(21)17(2)19-12-8-5-9-13-19/h4-13,16-17,20-21,23H,14-15H2,1-3H3/t16-,17+,20-,21+,24?/m0/s1. The Kier molecular flexibility index (Phi) is 6.07. The van der Waals surface area contributed by atoms with Gasteiger partial charge in [-0.25, -0.2) is 0 Å². The minimum Gasteiger partial charge on any atom is -0.469 e. The fourth-order valence-corrected chi connectivity index (χ4v) is 3.62. The van der Waals surface area contributed by atoms with E-state index in [1.165, 1.54) is 18.2 Å². The van der Waals surface area contributed by atoms with Gasteiger partial charge in [-0.1, -0.05) is 60.7 Å². The fraction of sp³-hybridized carbons (Fsp3) is 0.409. The number of esters is 1. The van der Waals surface area contributed by atoms with Crippen molar-refractivity contribution in [1.82, 2.24) is 10.2 Å². The van der Waals surface area contributed by atoms with Gasteiger partial charge in [-0.05, 0) is 25.0 Å². The third-order valence-corrected chi connectivity index (χ3v) is 5.31. The molecule has 2 aromatic rings. The second kappa shape index (κ2) is 8.47. The van der Waals surface area contributed by atoms with Crippen LogP contribution in [0.4, 0.5) is 0 Å². The van der Waals surface area contributed by atoms with Crippen LogP contribution in [0.1, 0.15) is 43.5 Å². The number of rotatable bonds is 8. The number of carbonyl (C=O) groups excluding carboxylic acids is 1. The zero-order valence-electron chi connectivity index (χ0n) is 15.8. The van der Waals surface area contributed by atoms with Gasteiger partial charge in [-0.15, -0.1) is 0 Å². The maximum Gasteiger partial charge on any atom is 0.307 e. The van der Waals surface area contributed by atoms with E-state index in [1.807, 2.05) is 24.3 Å². The van der Waals surface area contributed by atoms with Crippen molar-refractivity contribution in [2.24, 2.45) is 0 Å². The van der Waals surface area contributed by atoms with Gasteiger partial charge >= 0.3 is 5.97 Å². The highest BCUT2D eigenvalue weighted by Gasteiger charge is 2.44. The van der Waals surface area contributed by atoms with Crippen molar-refractivity contribution < 1.29 is 9.53 Å². The molecule has 1 unspecified atom stereocenters. The molecular formula is C22H28N2O2. The molecule has 4 heteroatoms. The molecule has 0 saturated carbocycles. The smallest absolute Gasteiger partial charge is 0.307 e. The van der Waals surface area contributed by atoms with Crippen LogP contribution in [0.3, 0.4) is 0 Å². The van der Waals surface area contributed by atoms with Gasteiger partial charge in [0.15, 0.2) is 0 Å². The fourth-order valence-electron chi connectivity index (χ4n) is 3.62. The Balaban J connectivity index is 1.68. The first-order valence-electron chi connectivity index (χ1n) is 9.28. The highest BCUT2D eigenvalue weighted by Crippen LogP contribution is 2.35. The zero-order chi connectivity index (χ0) is 18.5. The Morgan fingerprint density at radius 2 is 1.65 bits per heavy atom. The Labute approximate surface area is 156 Å². The molecule has 0 aliphatic carbocycles. The quantitative estimate of drug-likeness (QED) is 0.581. The van der Waals surface area contributed by atoms with E-state index < -0.39 is 0 Å². The molecule has 0 bridgehead atoms. The highest BCUT2D eigenvalue weighted by molar-refractivity contribution is 5.70. The van der Waals surface area contributed by atoms with Crippen molar-refractivity contribution in [1.29, 1.82) is 0 Å². The van der Waals surface area contributed by atoms with E-state index in [-0.39, 0.29) is 18.1 Å². The van der Waals surface area contributed by atoms with Gasteiger partial charge in [0.05, 0.1) is 13.5 Å². The molecule has 0 amide bonds. The lowest BCUT2D eigenvalue weighted by atomic mass is 10.0. The van der Waals surface area contributed by atoms with Gasteiger partial charge in [0, 0.05) is 30.7 Å². The SMILES string of the molecule is COC(=O)C[C@H](N[C@@H](C)c1ccccc1)[C@H]1CN1[C@H](C)c1ccccc1. The second-order valence-corrected chi connectivity index (χ2v) is 7.04. The molecule has 1 saturated heterocycles. The van der Waals surface area contributed by atoms with Crippen LogP contribution in [0.5, 0.6) is 0 Å². The van der Waals surface area contributed by atoms with Crippen molar-refractivity contribution in [3.8, 4) is 0 Å². The molecular weight excluding hydrogens is 324 g/mol. The lowest BCUT2D eigenvalue weighted by Gasteiger charge is -2.24. The third-order valence-electron chi connectivity index (χ3n) is 5.31. The molecule has 1 heterocycles. The number of nitrogens with zero attached hydrogens (tertiary/aromatic N) is 1. The largest absolute Gasteiger partial charge is 0.469 e. The van der Waals surface area contributed by atoms with Gasteiger partial charge in [-0.3, -0.25) is 9.69 Å². The lowest BCUT2D eigenvalue weighted by molar-refractivity contribution is -0.141. The average Bonchev–Trinajstić information content (AvgIpc) is 3.49. The molecule has 0 spiro atoms. The van der Waals surface area contributed by atoms with Crippen molar-refractivity contribution in [2.75, 3.05) is 13.7 Å². The average molecular weight is 352 g/mol. The molecule has 0 radical (unpaired) electrons. The summed E-state index contributed by atoms with van der Waals surface area (Å²) in [6, 6.07) is 21.8. The van der Waals surface area contributed by atoms with Crippen LogP contribution in [-0.2, 0) is 9.53 Å². The lowest BCUT2D eigenvalue weighted by Crippen LogP contribution is -2.39. The number of carbonyl (C=O) groups is 1. The molecule has 2 aromatic carbocycles. The highest BCUT2D eigenvalue weighted by atomic mass is 16.5. The van der Waals surface area contributed by atoms with Crippen LogP contribution < -0.4 is 5.32 Å². The van der Waals surface area contributed by atoms with Crippen LogP contribution in [0, 0.1) is 0 Å². The Morgan fingerprint density at radius 3 is 2.23 bits per heavy atom. The number of benzene rings is 2. The summed E-state index contributed by atoms with van der Waals surface area (Å²) in [7, 11) is 1.46. The van der Waals surface area contributed by atoms with Crippen molar-refractivity contribution in [2.45, 2.75) is 44.4 Å². The predicted molar refractivity (Wildman–Crippen MR) is 104 cm³/mol. The predicted octanol–water partition coefficient (Wildman–Crippen LogP) is 3.71. The first-order chi connectivity index (χ1) is 12.6. The normalized spacial score (nSPS) is 22.3. The molecule has 3 rings (SSSR count). The molecule has 5 atom stereocenters. The van der Waals surface area contributed by atoms with Gasteiger partial charge in [0.25, 0.3) is 0 Å². The third kappa shape index (κ3) is 4.51. The topological polar surface area (TPSA) is 41.3 Å². The monoisotopic (exact) mass is 352 g/mol. The molecule has 0 aromatic heterocycles. The Bertz CT molecular complexity index is 705. The van der Waals surface area contributed by atoms with E-state index in [4.69, 9.17) is 4.74 Å². The van der Waals surface area contributed by atoms with Crippen molar-refractivity contribution >= 4 is 5.97 Å². The van der Waals surface area contributed by atoms with Crippen LogP contribution >= 0.6 is 0 Å². The molecule has 26 heavy (non-hydrogen) atoms. The van der Waals surface area contributed by atoms with Gasteiger partial charge in [0.2, 0.25) is 0 Å². The summed E-state index contributed by atoms with van der Waals surface area (Å²) in [4.78, 5) is 14.4. The van der Waals surface area contributed by atoms with E-state index in [9.17, 15) is 4.79 Å². The summed E-state index contributed by atoms with van der Waals surface area (Å²) in [5.74, 6) is -0.165. The minimum atomic E-state index is -0.165. The number of methoxy groups -OCH3 is 1. The van der Waals surface area contributed by atoms with Crippen LogP contribution in [0.2, 0.25) is 0 Å². The summed E-state index contributed by atoms with van der Waals surface area (Å²) < 4.78 is 4.93. The molecule has 1 aliphatic heterocycles. The Hall–Kier alpha value is -2.17. The molecule has 1 N–H and O–H groups in total. The Morgan fingerprint density at radius 1 is 1.08 bits per heavy atom. The van der Waals surface area contributed by atoms with E-state index in [0.717, 1.165) is 6.54 Å². The zero-order valence-corrected chi connectivity index (χ0v) is 15.8. The first kappa shape index (κ1) is 18.6. The second-order valence-electron chi connectivity index (χ2n) is 7.04. The first-order valence-corrected chi connectivity index (χ1v) is 9.28. The van der Waals surface area contributed by atoms with Crippen LogP contribution in [0.25, 0.3) is 0 Å². The summed E-state index contributed by atoms with van der Waals surface area (Å²) in [6.07, 6.45) is 0.385. The maximum absolute atomic E-state index is 11.9. The molecule has 1 fully saturated rings. The van der Waals surface area contributed by atoms with Gasteiger partial charge in [-0.2, -0.15) is 0 Å². The number of hydrogen-bond donors (Lipinski definition) is 1. The molecule has 138 valence electrons. The summed E-state index contributed by atoms with van der Waals surface area (Å²) >= 11 is 0. The van der Waals surface area contributed by atoms with Gasteiger partial charge in [0.1, 0.15) is 0 Å². The minimum absolute atomic E-state index is 0.0730. The van der Waals surface area contributed by atoms with Crippen LogP contribution in [-0.4, -0.2) is 36.6 Å².